The van der Waals surface area contributed by atoms with Gasteiger partial charge in [-0.2, -0.15) is 0 Å². The van der Waals surface area contributed by atoms with Crippen molar-refractivity contribution in [1.82, 2.24) is 10.2 Å². The van der Waals surface area contributed by atoms with E-state index in [9.17, 15) is 0 Å². The van der Waals surface area contributed by atoms with Crippen LogP contribution in [0.2, 0.25) is 5.02 Å². The number of fused-ring (bicyclic) bond motifs is 2. The molecule has 2 N–H and O–H groups in total. The highest BCUT2D eigenvalue weighted by atomic mass is 35.5. The molecular weight excluding hydrogens is 374 g/mol. The van der Waals surface area contributed by atoms with Gasteiger partial charge in [0.1, 0.15) is 0 Å². The predicted molar refractivity (Wildman–Crippen MR) is 117 cm³/mol. The molecule has 2 aromatic carbocycles. The van der Waals surface area contributed by atoms with E-state index in [0.29, 0.717) is 23.2 Å². The lowest BCUT2D eigenvalue weighted by atomic mass is 9.81. The molecule has 3 atom stereocenters. The van der Waals surface area contributed by atoms with Gasteiger partial charge < -0.3 is 10.6 Å². The minimum atomic E-state index is 0.444. The zero-order valence-corrected chi connectivity index (χ0v) is 17.0. The van der Waals surface area contributed by atoms with Crippen molar-refractivity contribution in [1.29, 1.82) is 0 Å². The second-order valence-electron chi connectivity index (χ2n) is 7.67. The summed E-state index contributed by atoms with van der Waals surface area (Å²) in [6.45, 7) is 1.07. The van der Waals surface area contributed by atoms with E-state index >= 15 is 0 Å². The second kappa shape index (κ2) is 8.59. The van der Waals surface area contributed by atoms with Crippen molar-refractivity contribution in [3.63, 3.8) is 0 Å². The van der Waals surface area contributed by atoms with Crippen LogP contribution < -0.4 is 10.6 Å². The Morgan fingerprint density at radius 1 is 1.00 bits per heavy atom. The number of thiocarbonyl (C=S) groups is 1. The van der Waals surface area contributed by atoms with E-state index in [1.54, 1.807) is 0 Å². The molecule has 0 amide bonds. The third-order valence-electron chi connectivity index (χ3n) is 5.77. The summed E-state index contributed by atoms with van der Waals surface area (Å²) in [5.74, 6) is 0. The van der Waals surface area contributed by atoms with Crippen LogP contribution in [0.5, 0.6) is 0 Å². The largest absolute Gasteiger partial charge is 0.360 e. The summed E-state index contributed by atoms with van der Waals surface area (Å²) in [5.41, 5.74) is 2.39. The van der Waals surface area contributed by atoms with E-state index in [4.69, 9.17) is 23.8 Å². The van der Waals surface area contributed by atoms with E-state index in [1.807, 2.05) is 24.3 Å². The molecule has 1 unspecified atom stereocenters. The number of nitrogens with zero attached hydrogens (tertiary/aromatic N) is 1. The normalized spacial score (nSPS) is 25.0. The van der Waals surface area contributed by atoms with Crippen LogP contribution in [-0.4, -0.2) is 28.1 Å². The SMILES string of the molecule is S=C(Nc1ccc(Cl)cc1)NC1C[C@H]2CCC[C@@H](C1)N2Cc1ccccc1. The lowest BCUT2D eigenvalue weighted by Crippen LogP contribution is -2.56. The summed E-state index contributed by atoms with van der Waals surface area (Å²) in [4.78, 5) is 2.73. The summed E-state index contributed by atoms with van der Waals surface area (Å²) >= 11 is 11.5. The van der Waals surface area contributed by atoms with Crippen LogP contribution in [0.15, 0.2) is 54.6 Å². The Morgan fingerprint density at radius 3 is 2.33 bits per heavy atom. The molecule has 2 aliphatic heterocycles. The van der Waals surface area contributed by atoms with Crippen molar-refractivity contribution in [3.05, 3.63) is 65.2 Å². The zero-order chi connectivity index (χ0) is 18.6. The third-order valence-corrected chi connectivity index (χ3v) is 6.24. The van der Waals surface area contributed by atoms with E-state index in [2.05, 4.69) is 45.9 Å². The maximum absolute atomic E-state index is 5.95. The van der Waals surface area contributed by atoms with Gasteiger partial charge in [0.2, 0.25) is 0 Å². The molecular formula is C22H26ClN3S. The number of halogens is 1. The quantitative estimate of drug-likeness (QED) is 0.690. The molecule has 2 bridgehead atoms. The number of anilines is 1. The Bertz CT molecular complexity index is 751. The number of piperidine rings is 2. The Morgan fingerprint density at radius 2 is 1.67 bits per heavy atom. The Hall–Kier alpha value is -1.62. The maximum atomic E-state index is 5.95. The molecule has 0 aromatic heterocycles. The minimum Gasteiger partial charge on any atom is -0.360 e. The molecule has 2 aromatic rings. The van der Waals surface area contributed by atoms with E-state index in [-0.39, 0.29) is 0 Å². The highest BCUT2D eigenvalue weighted by Crippen LogP contribution is 2.35. The molecule has 2 heterocycles. The van der Waals surface area contributed by atoms with Crippen LogP contribution in [-0.2, 0) is 6.54 Å². The van der Waals surface area contributed by atoms with Crippen molar-refractivity contribution in [2.75, 3.05) is 5.32 Å². The predicted octanol–water partition coefficient (Wildman–Crippen LogP) is 5.21. The van der Waals surface area contributed by atoms with Gasteiger partial charge in [-0.1, -0.05) is 48.4 Å². The molecule has 5 heteroatoms. The first-order chi connectivity index (χ1) is 13.2. The van der Waals surface area contributed by atoms with Crippen molar-refractivity contribution in [2.24, 2.45) is 0 Å². The molecule has 4 rings (SSSR count). The van der Waals surface area contributed by atoms with Crippen molar-refractivity contribution >= 4 is 34.6 Å². The van der Waals surface area contributed by atoms with Gasteiger partial charge in [-0.05, 0) is 67.7 Å². The summed E-state index contributed by atoms with van der Waals surface area (Å²) < 4.78 is 0. The van der Waals surface area contributed by atoms with Crippen molar-refractivity contribution in [3.8, 4) is 0 Å². The summed E-state index contributed by atoms with van der Waals surface area (Å²) in [5, 5.41) is 8.28. The monoisotopic (exact) mass is 399 g/mol. The molecule has 3 nitrogen and oxygen atoms in total. The van der Waals surface area contributed by atoms with Gasteiger partial charge in [0, 0.05) is 35.4 Å². The summed E-state index contributed by atoms with van der Waals surface area (Å²) in [7, 11) is 0. The second-order valence-corrected chi connectivity index (χ2v) is 8.51. The van der Waals surface area contributed by atoms with Crippen LogP contribution >= 0.6 is 23.8 Å². The number of nitrogens with one attached hydrogen (secondary N) is 2. The summed E-state index contributed by atoms with van der Waals surface area (Å²) in [6, 6.07) is 20.2. The molecule has 0 aliphatic carbocycles. The Kier molecular flexibility index (Phi) is 5.96. The lowest BCUT2D eigenvalue weighted by molar-refractivity contribution is 0.0212. The zero-order valence-electron chi connectivity index (χ0n) is 15.4. The molecule has 2 fully saturated rings. The molecule has 27 heavy (non-hydrogen) atoms. The van der Waals surface area contributed by atoms with Gasteiger partial charge >= 0.3 is 0 Å². The third kappa shape index (κ3) is 4.81. The molecule has 2 aliphatic rings. The van der Waals surface area contributed by atoms with Gasteiger partial charge in [0.25, 0.3) is 0 Å². The molecule has 0 spiro atoms. The smallest absolute Gasteiger partial charge is 0.170 e. The van der Waals surface area contributed by atoms with Gasteiger partial charge in [-0.3, -0.25) is 4.90 Å². The number of hydrogen-bond acceptors (Lipinski definition) is 2. The van der Waals surface area contributed by atoms with Gasteiger partial charge in [0.05, 0.1) is 0 Å². The van der Waals surface area contributed by atoms with Gasteiger partial charge in [-0.25, -0.2) is 0 Å². The standard InChI is InChI=1S/C22H26ClN3S/c23-17-9-11-18(12-10-17)24-22(27)25-19-13-20-7-4-8-21(14-19)26(20)15-16-5-2-1-3-6-16/h1-3,5-6,9-12,19-21H,4,7-8,13-15H2,(H2,24,25,27)/t19?,20-,21+. The van der Waals surface area contributed by atoms with Crippen LogP contribution in [0.25, 0.3) is 0 Å². The van der Waals surface area contributed by atoms with Crippen LogP contribution in [0.1, 0.15) is 37.7 Å². The van der Waals surface area contributed by atoms with E-state index in [0.717, 1.165) is 30.1 Å². The topological polar surface area (TPSA) is 27.3 Å². The Labute approximate surface area is 172 Å². The van der Waals surface area contributed by atoms with E-state index < -0.39 is 0 Å². The van der Waals surface area contributed by atoms with E-state index in [1.165, 1.54) is 24.8 Å². The first-order valence-electron chi connectivity index (χ1n) is 9.80. The number of rotatable bonds is 4. The lowest BCUT2D eigenvalue weighted by Gasteiger charge is -2.49. The van der Waals surface area contributed by atoms with Crippen LogP contribution in [0.4, 0.5) is 5.69 Å². The summed E-state index contributed by atoms with van der Waals surface area (Å²) in [6.07, 6.45) is 6.25. The fourth-order valence-corrected chi connectivity index (χ4v) is 4.95. The average Bonchev–Trinajstić information content (AvgIpc) is 2.65. The van der Waals surface area contributed by atoms with Crippen molar-refractivity contribution in [2.45, 2.75) is 56.8 Å². The highest BCUT2D eigenvalue weighted by Gasteiger charge is 2.38. The first kappa shape index (κ1) is 18.7. The fourth-order valence-electron chi connectivity index (χ4n) is 4.53. The van der Waals surface area contributed by atoms with Crippen LogP contribution in [0, 0.1) is 0 Å². The maximum Gasteiger partial charge on any atom is 0.170 e. The fraction of sp³-hybridized carbons (Fsp3) is 0.409. The van der Waals surface area contributed by atoms with Crippen LogP contribution in [0.3, 0.4) is 0 Å². The number of benzene rings is 2. The first-order valence-corrected chi connectivity index (χ1v) is 10.6. The molecule has 0 radical (unpaired) electrons. The minimum absolute atomic E-state index is 0.444. The molecule has 2 saturated heterocycles. The Balaban J connectivity index is 1.35. The van der Waals surface area contributed by atoms with Gasteiger partial charge in [0.15, 0.2) is 5.11 Å². The molecule has 0 saturated carbocycles. The molecule has 142 valence electrons. The highest BCUT2D eigenvalue weighted by molar-refractivity contribution is 7.80. The number of hydrogen-bond donors (Lipinski definition) is 2. The van der Waals surface area contributed by atoms with Gasteiger partial charge in [-0.15, -0.1) is 0 Å². The average molecular weight is 400 g/mol. The van der Waals surface area contributed by atoms with Crippen molar-refractivity contribution < 1.29 is 0 Å².